The number of aliphatic hydroxyl groups excluding tert-OH is 2. The number of hydrogen-bond donors (Lipinski definition) is 4. The van der Waals surface area contributed by atoms with Crippen LogP contribution in [0.5, 0.6) is 0 Å². The summed E-state index contributed by atoms with van der Waals surface area (Å²) in [7, 11) is 0. The van der Waals surface area contributed by atoms with Gasteiger partial charge in [-0.3, -0.25) is 0 Å². The van der Waals surface area contributed by atoms with Gasteiger partial charge >= 0.3 is 0 Å². The lowest BCUT2D eigenvalue weighted by Gasteiger charge is -2.36. The fraction of sp³-hybridized carbons (Fsp3) is 1.00. The van der Waals surface area contributed by atoms with E-state index in [-0.39, 0.29) is 13.0 Å². The number of aliphatic hydroxyl groups is 3. The summed E-state index contributed by atoms with van der Waals surface area (Å²) < 4.78 is 0. The van der Waals surface area contributed by atoms with Gasteiger partial charge in [0.15, 0.2) is 0 Å². The molecule has 0 saturated carbocycles. The molecule has 0 amide bonds. The van der Waals surface area contributed by atoms with Crippen LogP contribution in [0.4, 0.5) is 0 Å². The van der Waals surface area contributed by atoms with Crippen LogP contribution < -0.4 is 5.73 Å². The van der Waals surface area contributed by atoms with Crippen LogP contribution in [0.25, 0.3) is 0 Å². The highest BCUT2D eigenvalue weighted by Gasteiger charge is 2.37. The largest absolute Gasteiger partial charge is 0.396 e. The Morgan fingerprint density at radius 3 is 1.10 bits per heavy atom. The van der Waals surface area contributed by atoms with Gasteiger partial charge in [0, 0.05) is 19.1 Å². The first kappa shape index (κ1) is 39.8. The van der Waals surface area contributed by atoms with Crippen LogP contribution in [-0.2, 0) is 0 Å². The summed E-state index contributed by atoms with van der Waals surface area (Å²) in [5.74, 6) is 0. The van der Waals surface area contributed by atoms with Gasteiger partial charge in [0.2, 0.25) is 0 Å². The summed E-state index contributed by atoms with van der Waals surface area (Å²) in [6.07, 6.45) is 35.8. The number of rotatable bonds is 33. The second-order valence-electron chi connectivity index (χ2n) is 13.1. The highest BCUT2D eigenvalue weighted by Crippen LogP contribution is 2.27. The van der Waals surface area contributed by atoms with Crippen LogP contribution in [0, 0.1) is 0 Å². The molecule has 242 valence electrons. The van der Waals surface area contributed by atoms with Gasteiger partial charge in [0.25, 0.3) is 0 Å². The lowest BCUT2D eigenvalue weighted by Crippen LogP contribution is -2.52. The average molecular weight is 570 g/mol. The number of nitrogens with two attached hydrogens (primary N) is 1. The molecule has 0 aromatic rings. The van der Waals surface area contributed by atoms with Gasteiger partial charge in [0.1, 0.15) is 0 Å². The molecule has 0 spiro atoms. The predicted molar refractivity (Wildman–Crippen MR) is 176 cm³/mol. The molecule has 0 aliphatic rings. The van der Waals surface area contributed by atoms with Crippen LogP contribution >= 0.6 is 0 Å². The van der Waals surface area contributed by atoms with Crippen LogP contribution in [-0.4, -0.2) is 39.7 Å². The number of hydrogen-bond acceptors (Lipinski definition) is 4. The monoisotopic (exact) mass is 570 g/mol. The molecular formula is C36H75NO3. The van der Waals surface area contributed by atoms with Crippen molar-refractivity contribution < 1.29 is 15.3 Å². The van der Waals surface area contributed by atoms with E-state index in [0.29, 0.717) is 6.42 Å². The summed E-state index contributed by atoms with van der Waals surface area (Å²) in [4.78, 5) is 0. The molecule has 3 unspecified atom stereocenters. The van der Waals surface area contributed by atoms with E-state index in [1.54, 1.807) is 0 Å². The minimum Gasteiger partial charge on any atom is -0.396 e. The zero-order valence-electron chi connectivity index (χ0n) is 27.5. The SMILES string of the molecule is CCCCCCCCCCCCCCCCC(N)C(O)C(O)(CCO)CCCCCCCCCCCCCCC. The molecule has 0 aromatic carbocycles. The van der Waals surface area contributed by atoms with Crippen LogP contribution in [0.3, 0.4) is 0 Å². The van der Waals surface area contributed by atoms with Gasteiger partial charge in [-0.1, -0.05) is 187 Å². The Morgan fingerprint density at radius 1 is 0.475 bits per heavy atom. The van der Waals surface area contributed by atoms with Gasteiger partial charge in [-0.2, -0.15) is 0 Å². The molecule has 0 radical (unpaired) electrons. The first-order valence-electron chi connectivity index (χ1n) is 18.3. The molecule has 40 heavy (non-hydrogen) atoms. The summed E-state index contributed by atoms with van der Waals surface area (Å²) >= 11 is 0. The average Bonchev–Trinajstić information content (AvgIpc) is 2.95. The fourth-order valence-electron chi connectivity index (χ4n) is 6.19. The first-order chi connectivity index (χ1) is 19.5. The molecular weight excluding hydrogens is 494 g/mol. The highest BCUT2D eigenvalue weighted by atomic mass is 16.3. The van der Waals surface area contributed by atoms with Crippen LogP contribution in [0.1, 0.15) is 206 Å². The molecule has 0 bridgehead atoms. The van der Waals surface area contributed by atoms with Gasteiger partial charge in [-0.05, 0) is 12.8 Å². The van der Waals surface area contributed by atoms with Crippen molar-refractivity contribution in [2.45, 2.75) is 224 Å². The van der Waals surface area contributed by atoms with Crippen molar-refractivity contribution in [3.63, 3.8) is 0 Å². The number of unbranched alkanes of at least 4 members (excludes halogenated alkanes) is 25. The first-order valence-corrected chi connectivity index (χ1v) is 18.3. The second-order valence-corrected chi connectivity index (χ2v) is 13.1. The van der Waals surface area contributed by atoms with E-state index in [0.717, 1.165) is 32.1 Å². The Morgan fingerprint density at radius 2 is 0.775 bits per heavy atom. The van der Waals surface area contributed by atoms with E-state index >= 15 is 0 Å². The van der Waals surface area contributed by atoms with Gasteiger partial charge in [0.05, 0.1) is 11.7 Å². The van der Waals surface area contributed by atoms with Crippen molar-refractivity contribution in [2.75, 3.05) is 6.61 Å². The zero-order chi connectivity index (χ0) is 29.6. The van der Waals surface area contributed by atoms with Crippen molar-refractivity contribution >= 4 is 0 Å². The van der Waals surface area contributed by atoms with Gasteiger partial charge in [-0.15, -0.1) is 0 Å². The maximum absolute atomic E-state index is 11.2. The summed E-state index contributed by atoms with van der Waals surface area (Å²) in [6.45, 7) is 4.43. The maximum Gasteiger partial charge on any atom is 0.0978 e. The minimum atomic E-state index is -1.26. The smallest absolute Gasteiger partial charge is 0.0978 e. The molecule has 0 aliphatic carbocycles. The van der Waals surface area contributed by atoms with E-state index in [4.69, 9.17) is 5.73 Å². The van der Waals surface area contributed by atoms with E-state index in [9.17, 15) is 15.3 Å². The molecule has 0 saturated heterocycles. The molecule has 0 aliphatic heterocycles. The molecule has 5 N–H and O–H groups in total. The molecule has 0 rings (SSSR count). The third-order valence-corrected chi connectivity index (χ3v) is 9.11. The van der Waals surface area contributed by atoms with Crippen molar-refractivity contribution in [2.24, 2.45) is 5.73 Å². The van der Waals surface area contributed by atoms with Crippen molar-refractivity contribution in [1.82, 2.24) is 0 Å². The third kappa shape index (κ3) is 24.4. The van der Waals surface area contributed by atoms with E-state index in [1.807, 2.05) is 0 Å². The molecule has 4 nitrogen and oxygen atoms in total. The summed E-state index contributed by atoms with van der Waals surface area (Å²) in [5.41, 5.74) is 5.07. The van der Waals surface area contributed by atoms with Crippen molar-refractivity contribution in [1.29, 1.82) is 0 Å². The fourth-order valence-corrected chi connectivity index (χ4v) is 6.19. The summed E-state index contributed by atoms with van der Waals surface area (Å²) in [6, 6.07) is -0.421. The van der Waals surface area contributed by atoms with Crippen LogP contribution in [0.2, 0.25) is 0 Å². The van der Waals surface area contributed by atoms with Crippen molar-refractivity contribution in [3.05, 3.63) is 0 Å². The zero-order valence-corrected chi connectivity index (χ0v) is 27.5. The van der Waals surface area contributed by atoms with Gasteiger partial charge in [-0.25, -0.2) is 0 Å². The topological polar surface area (TPSA) is 86.7 Å². The van der Waals surface area contributed by atoms with Gasteiger partial charge < -0.3 is 21.1 Å². The van der Waals surface area contributed by atoms with E-state index in [2.05, 4.69) is 13.8 Å². The third-order valence-electron chi connectivity index (χ3n) is 9.11. The molecule has 0 fully saturated rings. The molecule has 4 heteroatoms. The second kappa shape index (κ2) is 30.3. The Bertz CT molecular complexity index is 489. The molecule has 0 heterocycles. The lowest BCUT2D eigenvalue weighted by molar-refractivity contribution is -0.104. The maximum atomic E-state index is 11.2. The normalized spacial score (nSPS) is 14.8. The minimum absolute atomic E-state index is 0.114. The molecule has 3 atom stereocenters. The predicted octanol–water partition coefficient (Wildman–Crippen LogP) is 10.1. The Hall–Kier alpha value is -0.160. The summed E-state index contributed by atoms with van der Waals surface area (Å²) in [5, 5.41) is 31.6. The standard InChI is InChI=1S/C36H75NO3/c1-3-5-7-9-11-13-15-17-18-20-22-24-26-28-30-34(37)35(39)36(40,32-33-38)31-29-27-25-23-21-19-16-14-12-10-8-6-4-2/h34-35,38-40H,3-33,37H2,1-2H3. The van der Waals surface area contributed by atoms with Crippen molar-refractivity contribution in [3.8, 4) is 0 Å². The molecule has 0 aromatic heterocycles. The Kier molecular flexibility index (Phi) is 30.2. The highest BCUT2D eigenvalue weighted by molar-refractivity contribution is 4.92. The Labute approximate surface area is 251 Å². The lowest BCUT2D eigenvalue weighted by atomic mass is 9.82. The van der Waals surface area contributed by atoms with E-state index < -0.39 is 17.7 Å². The van der Waals surface area contributed by atoms with E-state index in [1.165, 1.54) is 148 Å². The Balaban J connectivity index is 3.81. The quantitative estimate of drug-likeness (QED) is 0.0592. The van der Waals surface area contributed by atoms with Crippen LogP contribution in [0.15, 0.2) is 0 Å².